The molecule has 0 aliphatic rings. The Kier molecular flexibility index (Phi) is 5.95. The lowest BCUT2D eigenvalue weighted by Crippen LogP contribution is -2.23. The van der Waals surface area contributed by atoms with E-state index in [9.17, 15) is 4.79 Å². The minimum atomic E-state index is -0.284. The zero-order valence-corrected chi connectivity index (χ0v) is 19.2. The first-order valence-electron chi connectivity index (χ1n) is 10.8. The van der Waals surface area contributed by atoms with Crippen LogP contribution in [0, 0.1) is 20.8 Å². The summed E-state index contributed by atoms with van der Waals surface area (Å²) < 4.78 is 8.79. The van der Waals surface area contributed by atoms with E-state index in [4.69, 9.17) is 4.74 Å². The standard InChI is InChI=1S/C26H28N4O2/c1-6-20-8-7-9-24(30-26(31)29(5)27-28-30)23(20)16-32-25-13-11-21(15-19(25)4)22-12-10-17(2)14-18(22)3/h7-15H,6,16H2,1-5H3. The third-order valence-electron chi connectivity index (χ3n) is 5.82. The second-order valence-electron chi connectivity index (χ2n) is 8.15. The lowest BCUT2D eigenvalue weighted by atomic mass is 9.97. The van der Waals surface area contributed by atoms with Crippen molar-refractivity contribution in [1.29, 1.82) is 0 Å². The van der Waals surface area contributed by atoms with E-state index in [1.807, 2.05) is 18.2 Å². The Labute approximate surface area is 188 Å². The number of benzene rings is 3. The maximum atomic E-state index is 12.4. The van der Waals surface area contributed by atoms with E-state index in [1.54, 1.807) is 7.05 Å². The first-order valence-corrected chi connectivity index (χ1v) is 10.8. The number of nitrogens with zero attached hydrogens (tertiary/aromatic N) is 4. The summed E-state index contributed by atoms with van der Waals surface area (Å²) in [5.74, 6) is 0.821. The Morgan fingerprint density at radius 2 is 1.75 bits per heavy atom. The molecule has 0 fully saturated rings. The highest BCUT2D eigenvalue weighted by atomic mass is 16.5. The minimum absolute atomic E-state index is 0.284. The highest BCUT2D eigenvalue weighted by Crippen LogP contribution is 2.30. The lowest BCUT2D eigenvalue weighted by Gasteiger charge is -2.16. The second kappa shape index (κ2) is 8.83. The van der Waals surface area contributed by atoms with Gasteiger partial charge in [0.2, 0.25) is 0 Å². The molecule has 0 spiro atoms. The van der Waals surface area contributed by atoms with Gasteiger partial charge in [-0.2, -0.15) is 9.36 Å². The van der Waals surface area contributed by atoms with Crippen molar-refractivity contribution in [1.82, 2.24) is 19.8 Å². The summed E-state index contributed by atoms with van der Waals surface area (Å²) in [6.45, 7) is 8.73. The Hall–Kier alpha value is -3.67. The molecule has 6 nitrogen and oxygen atoms in total. The zero-order chi connectivity index (χ0) is 22.8. The number of aryl methyl sites for hydroxylation is 5. The van der Waals surface area contributed by atoms with Gasteiger partial charge in [-0.05, 0) is 83.6 Å². The van der Waals surface area contributed by atoms with Crippen LogP contribution in [0.15, 0.2) is 59.4 Å². The summed E-state index contributed by atoms with van der Waals surface area (Å²) in [5.41, 5.74) is 8.46. The van der Waals surface area contributed by atoms with Gasteiger partial charge >= 0.3 is 5.69 Å². The van der Waals surface area contributed by atoms with Gasteiger partial charge in [0.15, 0.2) is 0 Å². The van der Waals surface area contributed by atoms with Crippen LogP contribution < -0.4 is 10.4 Å². The molecular formula is C26H28N4O2. The van der Waals surface area contributed by atoms with Crippen molar-refractivity contribution in [2.75, 3.05) is 0 Å². The van der Waals surface area contributed by atoms with E-state index in [2.05, 4.69) is 74.5 Å². The van der Waals surface area contributed by atoms with E-state index in [0.717, 1.165) is 28.9 Å². The molecule has 0 aliphatic carbocycles. The molecule has 0 amide bonds. The van der Waals surface area contributed by atoms with Crippen molar-refractivity contribution >= 4 is 0 Å². The van der Waals surface area contributed by atoms with Crippen LogP contribution in [-0.4, -0.2) is 19.8 Å². The maximum absolute atomic E-state index is 12.4. The average molecular weight is 429 g/mol. The number of ether oxygens (including phenoxy) is 1. The van der Waals surface area contributed by atoms with Crippen LogP contribution in [0.4, 0.5) is 0 Å². The van der Waals surface area contributed by atoms with Crippen LogP contribution in [0.25, 0.3) is 16.8 Å². The fourth-order valence-electron chi connectivity index (χ4n) is 4.05. The third-order valence-corrected chi connectivity index (χ3v) is 5.82. The van der Waals surface area contributed by atoms with Gasteiger partial charge in [-0.15, -0.1) is 0 Å². The fourth-order valence-corrected chi connectivity index (χ4v) is 4.05. The van der Waals surface area contributed by atoms with Crippen molar-refractivity contribution in [2.24, 2.45) is 7.05 Å². The summed E-state index contributed by atoms with van der Waals surface area (Å²) in [7, 11) is 1.59. The molecule has 0 N–H and O–H groups in total. The van der Waals surface area contributed by atoms with Crippen molar-refractivity contribution in [3.63, 3.8) is 0 Å². The maximum Gasteiger partial charge on any atom is 0.368 e. The van der Waals surface area contributed by atoms with Gasteiger partial charge in [-0.1, -0.05) is 48.9 Å². The van der Waals surface area contributed by atoms with E-state index < -0.39 is 0 Å². The van der Waals surface area contributed by atoms with Crippen LogP contribution in [0.5, 0.6) is 5.75 Å². The minimum Gasteiger partial charge on any atom is -0.489 e. The average Bonchev–Trinajstić information content (AvgIpc) is 3.11. The predicted octanol–water partition coefficient (Wildman–Crippen LogP) is 4.70. The molecule has 0 unspecified atom stereocenters. The van der Waals surface area contributed by atoms with Crippen LogP contribution in [0.1, 0.15) is 34.7 Å². The number of rotatable bonds is 6. The summed E-state index contributed by atoms with van der Waals surface area (Å²) in [6.07, 6.45) is 0.826. The van der Waals surface area contributed by atoms with Crippen LogP contribution in [-0.2, 0) is 20.1 Å². The molecule has 4 rings (SSSR count). The van der Waals surface area contributed by atoms with Gasteiger partial charge in [0.25, 0.3) is 0 Å². The Bertz CT molecular complexity index is 1330. The van der Waals surface area contributed by atoms with Gasteiger partial charge in [0, 0.05) is 12.6 Å². The molecular weight excluding hydrogens is 400 g/mol. The highest BCUT2D eigenvalue weighted by molar-refractivity contribution is 5.69. The molecule has 164 valence electrons. The van der Waals surface area contributed by atoms with E-state index in [0.29, 0.717) is 12.3 Å². The van der Waals surface area contributed by atoms with Crippen molar-refractivity contribution < 1.29 is 4.74 Å². The Morgan fingerprint density at radius 1 is 0.938 bits per heavy atom. The molecule has 0 radical (unpaired) electrons. The molecule has 0 saturated carbocycles. The van der Waals surface area contributed by atoms with Gasteiger partial charge in [0.05, 0.1) is 5.69 Å². The molecule has 0 bridgehead atoms. The first kappa shape index (κ1) is 21.6. The Morgan fingerprint density at radius 3 is 2.41 bits per heavy atom. The Balaban J connectivity index is 1.64. The number of hydrogen-bond acceptors (Lipinski definition) is 4. The van der Waals surface area contributed by atoms with Crippen LogP contribution >= 0.6 is 0 Å². The molecule has 0 aliphatic heterocycles. The summed E-state index contributed by atoms with van der Waals surface area (Å²) in [6, 6.07) is 18.7. The smallest absolute Gasteiger partial charge is 0.368 e. The SMILES string of the molecule is CCc1cccc(-n2nnn(C)c2=O)c1COc1ccc(-c2ccc(C)cc2C)cc1C. The van der Waals surface area contributed by atoms with Crippen LogP contribution in [0.2, 0.25) is 0 Å². The molecule has 1 aromatic heterocycles. The monoisotopic (exact) mass is 428 g/mol. The molecule has 6 heteroatoms. The molecule has 0 atom stereocenters. The quantitative estimate of drug-likeness (QED) is 0.447. The molecule has 1 heterocycles. The summed E-state index contributed by atoms with van der Waals surface area (Å²) in [4.78, 5) is 12.4. The summed E-state index contributed by atoms with van der Waals surface area (Å²) >= 11 is 0. The first-order chi connectivity index (χ1) is 15.4. The van der Waals surface area contributed by atoms with Gasteiger partial charge in [0.1, 0.15) is 12.4 Å². The highest BCUT2D eigenvalue weighted by Gasteiger charge is 2.15. The zero-order valence-electron chi connectivity index (χ0n) is 19.2. The van der Waals surface area contributed by atoms with E-state index in [-0.39, 0.29) is 5.69 Å². The molecule has 3 aromatic carbocycles. The van der Waals surface area contributed by atoms with Crippen molar-refractivity contribution in [3.8, 4) is 22.6 Å². The van der Waals surface area contributed by atoms with Gasteiger partial charge in [-0.25, -0.2) is 4.79 Å². The van der Waals surface area contributed by atoms with Gasteiger partial charge < -0.3 is 4.74 Å². The second-order valence-corrected chi connectivity index (χ2v) is 8.15. The number of tetrazole rings is 1. The fraction of sp³-hybridized carbons (Fsp3) is 0.269. The largest absolute Gasteiger partial charge is 0.489 e. The molecule has 32 heavy (non-hydrogen) atoms. The van der Waals surface area contributed by atoms with Crippen LogP contribution in [0.3, 0.4) is 0 Å². The molecule has 4 aromatic rings. The van der Waals surface area contributed by atoms with Gasteiger partial charge in [-0.3, -0.25) is 0 Å². The van der Waals surface area contributed by atoms with E-state index >= 15 is 0 Å². The lowest BCUT2D eigenvalue weighted by molar-refractivity contribution is 0.302. The number of aromatic nitrogens is 4. The van der Waals surface area contributed by atoms with Crippen molar-refractivity contribution in [3.05, 3.63) is 92.9 Å². The predicted molar refractivity (Wildman–Crippen MR) is 126 cm³/mol. The van der Waals surface area contributed by atoms with Crippen molar-refractivity contribution in [2.45, 2.75) is 40.7 Å². The number of hydrogen-bond donors (Lipinski definition) is 0. The topological polar surface area (TPSA) is 61.9 Å². The summed E-state index contributed by atoms with van der Waals surface area (Å²) in [5, 5.41) is 7.86. The van der Waals surface area contributed by atoms with E-state index in [1.165, 1.54) is 31.6 Å². The third kappa shape index (κ3) is 4.08. The normalized spacial score (nSPS) is 11.0. The molecule has 0 saturated heterocycles.